The third-order valence-electron chi connectivity index (χ3n) is 1.93. The third kappa shape index (κ3) is 2.59. The average molecular weight is 274 g/mol. The van der Waals surface area contributed by atoms with Crippen molar-refractivity contribution in [3.63, 3.8) is 0 Å². The molecule has 1 aromatic rings. The second-order valence-corrected chi connectivity index (χ2v) is 5.04. The molecule has 15 heavy (non-hydrogen) atoms. The normalized spacial score (nSPS) is 11.5. The van der Waals surface area contributed by atoms with Crippen LogP contribution in [0.3, 0.4) is 0 Å². The Morgan fingerprint density at radius 1 is 1.60 bits per heavy atom. The van der Waals surface area contributed by atoms with Gasteiger partial charge in [0, 0.05) is 6.54 Å². The van der Waals surface area contributed by atoms with Crippen LogP contribution in [0.4, 0.5) is 0 Å². The van der Waals surface area contributed by atoms with Crippen molar-refractivity contribution in [2.24, 2.45) is 0 Å². The smallest absolute Gasteiger partial charge is 0.255 e. The fourth-order valence-electron chi connectivity index (χ4n) is 1.21. The molecule has 5 heteroatoms. The highest BCUT2D eigenvalue weighted by Gasteiger charge is 2.22. The first kappa shape index (κ1) is 12.2. The van der Waals surface area contributed by atoms with Gasteiger partial charge in [0.2, 0.25) is 0 Å². The maximum atomic E-state index is 11.6. The van der Waals surface area contributed by atoms with Crippen molar-refractivity contribution >= 4 is 21.8 Å². The summed E-state index contributed by atoms with van der Waals surface area (Å²) in [5.41, 5.74) is 0.440. The van der Waals surface area contributed by atoms with Gasteiger partial charge in [-0.3, -0.25) is 9.48 Å². The van der Waals surface area contributed by atoms with Crippen molar-refractivity contribution in [1.82, 2.24) is 15.1 Å². The number of hydrogen-bond donors (Lipinski definition) is 1. The molecular formula is C10H16BrN3O. The van der Waals surface area contributed by atoms with Crippen molar-refractivity contribution in [3.8, 4) is 0 Å². The van der Waals surface area contributed by atoms with Crippen LogP contribution in [0, 0.1) is 0 Å². The van der Waals surface area contributed by atoms with E-state index in [-0.39, 0.29) is 11.4 Å². The maximum absolute atomic E-state index is 11.6. The molecule has 0 bridgehead atoms. The maximum Gasteiger partial charge on any atom is 0.255 e. The monoisotopic (exact) mass is 273 g/mol. The quantitative estimate of drug-likeness (QED) is 0.898. The Bertz CT molecular complexity index is 365. The average Bonchev–Trinajstić information content (AvgIpc) is 2.46. The first-order valence-corrected chi connectivity index (χ1v) is 5.69. The molecule has 1 rings (SSSR count). The number of rotatable bonds is 2. The summed E-state index contributed by atoms with van der Waals surface area (Å²) in [5, 5.41) is 6.94. The summed E-state index contributed by atoms with van der Waals surface area (Å²) in [6.45, 7) is 8.61. The molecule has 0 atom stereocenters. The van der Waals surface area contributed by atoms with Crippen LogP contribution in [0.15, 0.2) is 10.8 Å². The molecule has 0 aromatic carbocycles. The van der Waals surface area contributed by atoms with E-state index in [0.717, 1.165) is 4.60 Å². The van der Waals surface area contributed by atoms with Gasteiger partial charge in [-0.05, 0) is 43.6 Å². The Morgan fingerprint density at radius 3 is 2.60 bits per heavy atom. The Hall–Kier alpha value is -0.840. The van der Waals surface area contributed by atoms with E-state index in [4.69, 9.17) is 0 Å². The van der Waals surface area contributed by atoms with Crippen LogP contribution in [0.5, 0.6) is 0 Å². The number of carbonyl (C=O) groups is 1. The summed E-state index contributed by atoms with van der Waals surface area (Å²) >= 11 is 3.40. The van der Waals surface area contributed by atoms with E-state index in [1.165, 1.54) is 0 Å². The lowest BCUT2D eigenvalue weighted by Crippen LogP contribution is -2.25. The zero-order valence-electron chi connectivity index (χ0n) is 9.47. The number of aromatic nitrogens is 2. The molecule has 0 spiro atoms. The lowest BCUT2D eigenvalue weighted by molar-refractivity contribution is 0.0955. The first-order valence-electron chi connectivity index (χ1n) is 4.90. The van der Waals surface area contributed by atoms with Crippen molar-refractivity contribution in [1.29, 1.82) is 0 Å². The number of amides is 1. The van der Waals surface area contributed by atoms with Crippen LogP contribution in [-0.2, 0) is 5.54 Å². The van der Waals surface area contributed by atoms with Crippen LogP contribution in [0.25, 0.3) is 0 Å². The van der Waals surface area contributed by atoms with Gasteiger partial charge in [-0.15, -0.1) is 0 Å². The van der Waals surface area contributed by atoms with Crippen molar-refractivity contribution in [3.05, 3.63) is 16.4 Å². The van der Waals surface area contributed by atoms with Crippen LogP contribution in [0.2, 0.25) is 0 Å². The van der Waals surface area contributed by atoms with E-state index in [2.05, 4.69) is 26.3 Å². The minimum atomic E-state index is -0.135. The standard InChI is InChI=1S/C10H16BrN3O/c1-5-12-9(15)7-6-13-14(8(7)11)10(2,3)4/h6H,5H2,1-4H3,(H,12,15). The van der Waals surface area contributed by atoms with E-state index >= 15 is 0 Å². The van der Waals surface area contributed by atoms with Crippen molar-refractivity contribution in [2.45, 2.75) is 33.2 Å². The van der Waals surface area contributed by atoms with E-state index in [0.29, 0.717) is 12.1 Å². The minimum Gasteiger partial charge on any atom is -0.352 e. The molecule has 84 valence electrons. The molecule has 0 fully saturated rings. The Balaban J connectivity index is 3.04. The fourth-order valence-corrected chi connectivity index (χ4v) is 2.12. The molecule has 0 aliphatic rings. The molecule has 0 aliphatic carbocycles. The van der Waals surface area contributed by atoms with Gasteiger partial charge < -0.3 is 5.32 Å². The van der Waals surface area contributed by atoms with E-state index < -0.39 is 0 Å². The molecular weight excluding hydrogens is 258 g/mol. The molecule has 0 unspecified atom stereocenters. The SMILES string of the molecule is CCNC(=O)c1cnn(C(C)(C)C)c1Br. The number of hydrogen-bond acceptors (Lipinski definition) is 2. The number of nitrogens with one attached hydrogen (secondary N) is 1. The summed E-state index contributed by atoms with van der Waals surface area (Å²) in [6, 6.07) is 0. The lowest BCUT2D eigenvalue weighted by atomic mass is 10.1. The van der Waals surface area contributed by atoms with Gasteiger partial charge in [0.05, 0.1) is 17.3 Å². The van der Waals surface area contributed by atoms with Gasteiger partial charge in [0.1, 0.15) is 4.60 Å². The molecule has 1 N–H and O–H groups in total. The highest BCUT2D eigenvalue weighted by molar-refractivity contribution is 9.10. The summed E-state index contributed by atoms with van der Waals surface area (Å²) in [5.74, 6) is -0.0973. The van der Waals surface area contributed by atoms with Crippen molar-refractivity contribution < 1.29 is 4.79 Å². The van der Waals surface area contributed by atoms with E-state index in [1.807, 2.05) is 27.7 Å². The first-order chi connectivity index (χ1) is 6.88. The number of carbonyl (C=O) groups excluding carboxylic acids is 1. The highest BCUT2D eigenvalue weighted by atomic mass is 79.9. The Kier molecular flexibility index (Phi) is 3.54. The van der Waals surface area contributed by atoms with Gasteiger partial charge in [0.25, 0.3) is 5.91 Å². The van der Waals surface area contributed by atoms with Crippen LogP contribution >= 0.6 is 15.9 Å². The predicted octanol–water partition coefficient (Wildman–Crippen LogP) is 2.15. The minimum absolute atomic E-state index is 0.0973. The number of nitrogens with zero attached hydrogens (tertiary/aromatic N) is 2. The number of halogens is 1. The second-order valence-electron chi connectivity index (χ2n) is 4.29. The van der Waals surface area contributed by atoms with E-state index in [1.54, 1.807) is 10.9 Å². The Labute approximate surface area is 98.2 Å². The summed E-state index contributed by atoms with van der Waals surface area (Å²) in [4.78, 5) is 11.6. The van der Waals surface area contributed by atoms with Crippen LogP contribution in [0.1, 0.15) is 38.1 Å². The zero-order chi connectivity index (χ0) is 11.6. The molecule has 0 aliphatic heterocycles. The van der Waals surface area contributed by atoms with Crippen LogP contribution < -0.4 is 5.32 Å². The zero-order valence-corrected chi connectivity index (χ0v) is 11.1. The van der Waals surface area contributed by atoms with Crippen molar-refractivity contribution in [2.75, 3.05) is 6.54 Å². The molecule has 0 radical (unpaired) electrons. The topological polar surface area (TPSA) is 46.9 Å². The molecule has 4 nitrogen and oxygen atoms in total. The lowest BCUT2D eigenvalue weighted by Gasteiger charge is -2.20. The fraction of sp³-hybridized carbons (Fsp3) is 0.600. The van der Waals surface area contributed by atoms with Gasteiger partial charge >= 0.3 is 0 Å². The summed E-state index contributed by atoms with van der Waals surface area (Å²) in [7, 11) is 0. The second kappa shape index (κ2) is 4.35. The summed E-state index contributed by atoms with van der Waals surface area (Å²) < 4.78 is 2.51. The van der Waals surface area contributed by atoms with Gasteiger partial charge in [-0.25, -0.2) is 0 Å². The molecule has 1 amide bonds. The predicted molar refractivity (Wildman–Crippen MR) is 62.9 cm³/mol. The molecule has 0 saturated heterocycles. The van der Waals surface area contributed by atoms with Gasteiger partial charge in [-0.1, -0.05) is 0 Å². The Morgan fingerprint density at radius 2 is 2.20 bits per heavy atom. The largest absolute Gasteiger partial charge is 0.352 e. The molecule has 1 aromatic heterocycles. The third-order valence-corrected chi connectivity index (χ3v) is 2.69. The molecule has 1 heterocycles. The van der Waals surface area contributed by atoms with Crippen LogP contribution in [-0.4, -0.2) is 22.2 Å². The molecule has 0 saturated carbocycles. The van der Waals surface area contributed by atoms with Gasteiger partial charge in [-0.2, -0.15) is 5.10 Å². The van der Waals surface area contributed by atoms with E-state index in [9.17, 15) is 4.79 Å². The van der Waals surface area contributed by atoms with Gasteiger partial charge in [0.15, 0.2) is 0 Å². The summed E-state index contributed by atoms with van der Waals surface area (Å²) in [6.07, 6.45) is 1.58. The highest BCUT2D eigenvalue weighted by Crippen LogP contribution is 2.23.